The van der Waals surface area contributed by atoms with Gasteiger partial charge in [-0.3, -0.25) is 9.59 Å². The van der Waals surface area contributed by atoms with E-state index in [1.807, 2.05) is 72.5 Å². The van der Waals surface area contributed by atoms with Crippen molar-refractivity contribution in [1.82, 2.24) is 4.90 Å². The van der Waals surface area contributed by atoms with E-state index in [1.165, 1.54) is 0 Å². The normalized spacial score (nSPS) is 18.2. The van der Waals surface area contributed by atoms with Crippen molar-refractivity contribution >= 4 is 17.5 Å². The van der Waals surface area contributed by atoms with E-state index in [1.54, 1.807) is 0 Å². The van der Waals surface area contributed by atoms with Gasteiger partial charge in [-0.2, -0.15) is 0 Å². The first-order valence-electron chi connectivity index (χ1n) is 9.38. The Bertz CT molecular complexity index is 730. The van der Waals surface area contributed by atoms with Gasteiger partial charge in [-0.25, -0.2) is 0 Å². The number of hydrogen-bond acceptors (Lipinski definition) is 2. The molecule has 2 aromatic rings. The summed E-state index contributed by atoms with van der Waals surface area (Å²) in [6.45, 7) is 3.28. The molecular formula is C22H26N2O2. The van der Waals surface area contributed by atoms with E-state index in [0.717, 1.165) is 37.1 Å². The number of rotatable bonds is 5. The maximum atomic E-state index is 13.1. The van der Waals surface area contributed by atoms with Gasteiger partial charge in [0.15, 0.2) is 0 Å². The van der Waals surface area contributed by atoms with Crippen molar-refractivity contribution in [2.75, 3.05) is 18.4 Å². The minimum Gasteiger partial charge on any atom is -0.341 e. The van der Waals surface area contributed by atoms with Crippen LogP contribution in [0.2, 0.25) is 0 Å². The smallest absolute Gasteiger partial charge is 0.230 e. The molecule has 1 fully saturated rings. The van der Waals surface area contributed by atoms with Crippen LogP contribution in [0.1, 0.15) is 37.7 Å². The Morgan fingerprint density at radius 2 is 1.73 bits per heavy atom. The molecule has 2 unspecified atom stereocenters. The third-order valence-corrected chi connectivity index (χ3v) is 5.05. The van der Waals surface area contributed by atoms with Crippen molar-refractivity contribution in [3.05, 3.63) is 66.2 Å². The van der Waals surface area contributed by atoms with Gasteiger partial charge in [0.2, 0.25) is 11.8 Å². The second-order valence-corrected chi connectivity index (χ2v) is 6.85. The van der Waals surface area contributed by atoms with Crippen LogP contribution in [0, 0.1) is 5.92 Å². The predicted molar refractivity (Wildman–Crippen MR) is 104 cm³/mol. The molecule has 136 valence electrons. The number of amides is 2. The standard InChI is InChI=1S/C22H26N2O2/c1-2-20(17-10-5-3-6-11-17)22(26)24-15-9-12-18(16-24)21(25)23-19-13-7-4-8-14-19/h3-8,10-11,13-14,18,20H,2,9,12,15-16H2,1H3,(H,23,25). The summed E-state index contributed by atoms with van der Waals surface area (Å²) in [7, 11) is 0. The first-order valence-corrected chi connectivity index (χ1v) is 9.38. The maximum Gasteiger partial charge on any atom is 0.230 e. The number of nitrogens with zero attached hydrogens (tertiary/aromatic N) is 1. The molecule has 1 aliphatic heterocycles. The summed E-state index contributed by atoms with van der Waals surface area (Å²) in [5.41, 5.74) is 1.85. The van der Waals surface area contributed by atoms with Gasteiger partial charge in [-0.1, -0.05) is 55.5 Å². The first kappa shape index (κ1) is 18.2. The van der Waals surface area contributed by atoms with Crippen LogP contribution in [-0.2, 0) is 9.59 Å². The molecule has 4 nitrogen and oxygen atoms in total. The second-order valence-electron chi connectivity index (χ2n) is 6.85. The molecule has 0 radical (unpaired) electrons. The van der Waals surface area contributed by atoms with Crippen LogP contribution in [0.3, 0.4) is 0 Å². The Hall–Kier alpha value is -2.62. The lowest BCUT2D eigenvalue weighted by molar-refractivity contribution is -0.136. The lowest BCUT2D eigenvalue weighted by atomic mass is 9.91. The summed E-state index contributed by atoms with van der Waals surface area (Å²) in [5, 5.41) is 2.97. The minimum atomic E-state index is -0.152. The monoisotopic (exact) mass is 350 g/mol. The maximum absolute atomic E-state index is 13.1. The highest BCUT2D eigenvalue weighted by atomic mass is 16.2. The summed E-state index contributed by atoms with van der Waals surface area (Å²) >= 11 is 0. The molecule has 0 bridgehead atoms. The average Bonchev–Trinajstić information content (AvgIpc) is 2.70. The fraction of sp³-hybridized carbons (Fsp3) is 0.364. The molecule has 2 aromatic carbocycles. The Morgan fingerprint density at radius 1 is 1.08 bits per heavy atom. The van der Waals surface area contributed by atoms with Crippen LogP contribution in [0.15, 0.2) is 60.7 Å². The van der Waals surface area contributed by atoms with Gasteiger partial charge in [0.25, 0.3) is 0 Å². The third kappa shape index (κ3) is 4.31. The molecule has 1 N–H and O–H groups in total. The SMILES string of the molecule is CCC(C(=O)N1CCCC(C(=O)Nc2ccccc2)C1)c1ccccc1. The van der Waals surface area contributed by atoms with Crippen LogP contribution in [0.4, 0.5) is 5.69 Å². The van der Waals surface area contributed by atoms with Crippen LogP contribution < -0.4 is 5.32 Å². The highest BCUT2D eigenvalue weighted by molar-refractivity contribution is 5.93. The molecule has 26 heavy (non-hydrogen) atoms. The summed E-state index contributed by atoms with van der Waals surface area (Å²) in [4.78, 5) is 27.5. The van der Waals surface area contributed by atoms with Gasteiger partial charge in [0.1, 0.15) is 0 Å². The van der Waals surface area contributed by atoms with E-state index in [9.17, 15) is 9.59 Å². The van der Waals surface area contributed by atoms with Crippen LogP contribution >= 0.6 is 0 Å². The topological polar surface area (TPSA) is 49.4 Å². The van der Waals surface area contributed by atoms with Gasteiger partial charge in [-0.05, 0) is 37.0 Å². The number of piperidine rings is 1. The molecule has 4 heteroatoms. The fourth-order valence-corrected chi connectivity index (χ4v) is 3.62. The zero-order chi connectivity index (χ0) is 18.4. The Morgan fingerprint density at radius 3 is 2.38 bits per heavy atom. The highest BCUT2D eigenvalue weighted by Crippen LogP contribution is 2.26. The van der Waals surface area contributed by atoms with E-state index < -0.39 is 0 Å². The molecule has 0 saturated carbocycles. The summed E-state index contributed by atoms with van der Waals surface area (Å²) in [6, 6.07) is 19.4. The lowest BCUT2D eigenvalue weighted by Gasteiger charge is -2.34. The molecule has 0 aliphatic carbocycles. The first-order chi connectivity index (χ1) is 12.7. The van der Waals surface area contributed by atoms with E-state index >= 15 is 0 Å². The van der Waals surface area contributed by atoms with Crippen LogP contribution in [0.25, 0.3) is 0 Å². The quantitative estimate of drug-likeness (QED) is 0.884. The van der Waals surface area contributed by atoms with Crippen LogP contribution in [-0.4, -0.2) is 29.8 Å². The molecular weight excluding hydrogens is 324 g/mol. The number of anilines is 1. The Labute approximate surface area is 155 Å². The summed E-state index contributed by atoms with van der Waals surface area (Å²) < 4.78 is 0. The molecule has 0 spiro atoms. The van der Waals surface area contributed by atoms with E-state index in [4.69, 9.17) is 0 Å². The zero-order valence-electron chi connectivity index (χ0n) is 15.2. The molecule has 3 rings (SSSR count). The van der Waals surface area contributed by atoms with E-state index in [2.05, 4.69) is 5.32 Å². The van der Waals surface area contributed by atoms with Gasteiger partial charge >= 0.3 is 0 Å². The number of likely N-dealkylation sites (tertiary alicyclic amines) is 1. The zero-order valence-corrected chi connectivity index (χ0v) is 15.2. The summed E-state index contributed by atoms with van der Waals surface area (Å²) in [6.07, 6.45) is 2.45. The number of hydrogen-bond donors (Lipinski definition) is 1. The van der Waals surface area contributed by atoms with Crippen molar-refractivity contribution in [3.63, 3.8) is 0 Å². The van der Waals surface area contributed by atoms with Crippen LogP contribution in [0.5, 0.6) is 0 Å². The number of carbonyl (C=O) groups excluding carboxylic acids is 2. The van der Waals surface area contributed by atoms with Crippen molar-refractivity contribution in [2.45, 2.75) is 32.1 Å². The predicted octanol–water partition coefficient (Wildman–Crippen LogP) is 4.06. The number of carbonyl (C=O) groups is 2. The molecule has 1 aliphatic rings. The van der Waals surface area contributed by atoms with E-state index in [-0.39, 0.29) is 23.7 Å². The number of para-hydroxylation sites is 1. The largest absolute Gasteiger partial charge is 0.341 e. The second kappa shape index (κ2) is 8.65. The highest BCUT2D eigenvalue weighted by Gasteiger charge is 2.31. The molecule has 2 amide bonds. The van der Waals surface area contributed by atoms with Crippen molar-refractivity contribution in [1.29, 1.82) is 0 Å². The van der Waals surface area contributed by atoms with Gasteiger partial charge in [0.05, 0.1) is 11.8 Å². The Kier molecular flexibility index (Phi) is 6.05. The fourth-order valence-electron chi connectivity index (χ4n) is 3.62. The van der Waals surface area contributed by atoms with Gasteiger partial charge in [0, 0.05) is 18.8 Å². The van der Waals surface area contributed by atoms with E-state index in [0.29, 0.717) is 6.54 Å². The molecule has 1 saturated heterocycles. The third-order valence-electron chi connectivity index (χ3n) is 5.05. The van der Waals surface area contributed by atoms with Gasteiger partial charge < -0.3 is 10.2 Å². The average molecular weight is 350 g/mol. The van der Waals surface area contributed by atoms with Crippen molar-refractivity contribution < 1.29 is 9.59 Å². The van der Waals surface area contributed by atoms with Gasteiger partial charge in [-0.15, -0.1) is 0 Å². The lowest BCUT2D eigenvalue weighted by Crippen LogP contribution is -2.45. The van der Waals surface area contributed by atoms with Crippen molar-refractivity contribution in [3.8, 4) is 0 Å². The number of nitrogens with one attached hydrogen (secondary N) is 1. The summed E-state index contributed by atoms with van der Waals surface area (Å²) in [5.74, 6) is -0.148. The molecule has 1 heterocycles. The molecule has 2 atom stereocenters. The molecule has 0 aromatic heterocycles. The minimum absolute atomic E-state index is 0.00135. The number of benzene rings is 2. The van der Waals surface area contributed by atoms with Crippen molar-refractivity contribution in [2.24, 2.45) is 5.92 Å². The Balaban J connectivity index is 1.65.